The predicted octanol–water partition coefficient (Wildman–Crippen LogP) is 5.37. The Morgan fingerprint density at radius 2 is 1.76 bits per heavy atom. The molecule has 29 heavy (non-hydrogen) atoms. The minimum Gasteiger partial charge on any atom is -0.507 e. The van der Waals surface area contributed by atoms with Crippen LogP contribution in [0.3, 0.4) is 0 Å². The van der Waals surface area contributed by atoms with Crippen molar-refractivity contribution in [1.29, 1.82) is 0 Å². The first-order valence-electron chi connectivity index (χ1n) is 8.58. The van der Waals surface area contributed by atoms with Crippen LogP contribution < -0.4 is 5.56 Å². The van der Waals surface area contributed by atoms with Gasteiger partial charge in [-0.1, -0.05) is 35.9 Å². The molecule has 0 bridgehead atoms. The molecule has 0 amide bonds. The van der Waals surface area contributed by atoms with E-state index >= 15 is 0 Å². The first-order chi connectivity index (χ1) is 14.0. The highest BCUT2D eigenvalue weighted by molar-refractivity contribution is 6.32. The van der Waals surface area contributed by atoms with Crippen molar-refractivity contribution < 1.29 is 13.9 Å². The largest absolute Gasteiger partial charge is 0.507 e. The van der Waals surface area contributed by atoms with Gasteiger partial charge in [-0.15, -0.1) is 0 Å². The van der Waals surface area contributed by atoms with Gasteiger partial charge in [-0.2, -0.15) is 0 Å². The van der Waals surface area contributed by atoms with Gasteiger partial charge in [-0.25, -0.2) is 13.8 Å². The fourth-order valence-electron chi connectivity index (χ4n) is 3.01. The van der Waals surface area contributed by atoms with Crippen LogP contribution in [0.25, 0.3) is 28.4 Å². The number of aromatic nitrogens is 2. The Balaban J connectivity index is 2.05. The predicted molar refractivity (Wildman–Crippen MR) is 109 cm³/mol. The zero-order valence-corrected chi connectivity index (χ0v) is 15.6. The molecule has 3 aromatic carbocycles. The van der Waals surface area contributed by atoms with Gasteiger partial charge in [0, 0.05) is 6.08 Å². The summed E-state index contributed by atoms with van der Waals surface area (Å²) in [6, 6.07) is 15.8. The molecule has 0 aliphatic carbocycles. The molecule has 0 radical (unpaired) electrons. The molecule has 0 unspecified atom stereocenters. The third-order valence-electron chi connectivity index (χ3n) is 4.37. The molecule has 0 fully saturated rings. The molecule has 144 valence electrons. The van der Waals surface area contributed by atoms with Gasteiger partial charge in [-0.3, -0.25) is 9.36 Å². The molecule has 1 aromatic heterocycles. The molecule has 4 aromatic rings. The third kappa shape index (κ3) is 3.50. The minimum atomic E-state index is -0.629. The number of benzene rings is 3. The van der Waals surface area contributed by atoms with E-state index in [2.05, 4.69) is 4.98 Å². The molecule has 7 heteroatoms. The normalized spacial score (nSPS) is 11.8. The Bertz CT molecular complexity index is 1330. The van der Waals surface area contributed by atoms with Crippen molar-refractivity contribution in [3.63, 3.8) is 0 Å². The molecule has 0 spiro atoms. The van der Waals surface area contributed by atoms with Gasteiger partial charge >= 0.3 is 0 Å². The number of hydrogen-bond donors (Lipinski definition) is 1. The summed E-state index contributed by atoms with van der Waals surface area (Å²) in [6.07, 6.45) is 1.17. The maximum atomic E-state index is 14.1. The zero-order chi connectivity index (χ0) is 20.5. The summed E-state index contributed by atoms with van der Waals surface area (Å²) >= 11 is 6.26. The van der Waals surface area contributed by atoms with Gasteiger partial charge < -0.3 is 5.11 Å². The summed E-state index contributed by atoms with van der Waals surface area (Å²) in [5.74, 6) is -1.62. The summed E-state index contributed by atoms with van der Waals surface area (Å²) in [5, 5.41) is 10.8. The molecule has 0 aliphatic heterocycles. The van der Waals surface area contributed by atoms with Crippen molar-refractivity contribution in [2.24, 2.45) is 0 Å². The number of aliphatic hydroxyl groups excluding tert-OH is 1. The Morgan fingerprint density at radius 1 is 1.03 bits per heavy atom. The monoisotopic (exact) mass is 410 g/mol. The number of halogens is 3. The van der Waals surface area contributed by atoms with Gasteiger partial charge in [0.05, 0.1) is 27.2 Å². The second kappa shape index (κ2) is 7.48. The van der Waals surface area contributed by atoms with Crippen molar-refractivity contribution >= 4 is 34.3 Å². The van der Waals surface area contributed by atoms with Crippen LogP contribution in [0.1, 0.15) is 11.4 Å². The highest BCUT2D eigenvalue weighted by Gasteiger charge is 2.16. The maximum absolute atomic E-state index is 14.1. The smallest absolute Gasteiger partial charge is 0.266 e. The second-order valence-corrected chi connectivity index (χ2v) is 6.64. The van der Waals surface area contributed by atoms with E-state index in [-0.39, 0.29) is 27.3 Å². The van der Waals surface area contributed by atoms with E-state index in [1.54, 1.807) is 30.3 Å². The standard InChI is InChI=1S/C22H13ClF2N2O2/c23-16-6-2-4-8-19(16)27-21(12-20(28)14-5-1-3-7-17(14)25)26-18-10-9-13(24)11-15(18)22(27)29/h1-12,28H. The van der Waals surface area contributed by atoms with E-state index in [0.717, 1.165) is 10.6 Å². The van der Waals surface area contributed by atoms with E-state index < -0.39 is 23.0 Å². The van der Waals surface area contributed by atoms with Crippen molar-refractivity contribution in [3.05, 3.63) is 105 Å². The summed E-state index contributed by atoms with van der Waals surface area (Å²) in [4.78, 5) is 17.5. The average Bonchev–Trinajstić information content (AvgIpc) is 2.70. The highest BCUT2D eigenvalue weighted by atomic mass is 35.5. The van der Waals surface area contributed by atoms with Gasteiger partial charge in [-0.05, 0) is 42.5 Å². The number of aliphatic hydroxyl groups is 1. The molecule has 1 heterocycles. The van der Waals surface area contributed by atoms with Crippen LogP contribution in [-0.2, 0) is 0 Å². The van der Waals surface area contributed by atoms with Gasteiger partial charge in [0.2, 0.25) is 0 Å². The summed E-state index contributed by atoms with van der Waals surface area (Å²) < 4.78 is 28.9. The Morgan fingerprint density at radius 3 is 2.52 bits per heavy atom. The Kier molecular flexibility index (Phi) is 4.86. The molecule has 4 rings (SSSR count). The van der Waals surface area contributed by atoms with Crippen molar-refractivity contribution in [1.82, 2.24) is 9.55 Å². The number of hydrogen-bond acceptors (Lipinski definition) is 3. The van der Waals surface area contributed by atoms with Crippen LogP contribution in [0.4, 0.5) is 8.78 Å². The van der Waals surface area contributed by atoms with E-state index in [1.807, 2.05) is 0 Å². The first kappa shape index (κ1) is 18.8. The third-order valence-corrected chi connectivity index (χ3v) is 4.68. The average molecular weight is 411 g/mol. The van der Waals surface area contributed by atoms with Crippen molar-refractivity contribution in [2.45, 2.75) is 0 Å². The molecule has 0 atom stereocenters. The van der Waals surface area contributed by atoms with Gasteiger partial charge in [0.15, 0.2) is 0 Å². The first-order valence-corrected chi connectivity index (χ1v) is 8.96. The quantitative estimate of drug-likeness (QED) is 0.462. The minimum absolute atomic E-state index is 0.0166. The van der Waals surface area contributed by atoms with Crippen LogP contribution in [-0.4, -0.2) is 14.7 Å². The molecule has 1 N–H and O–H groups in total. The molecule has 0 aliphatic rings. The number of para-hydroxylation sites is 1. The van der Waals surface area contributed by atoms with E-state index in [4.69, 9.17) is 11.6 Å². The molecular formula is C22H13ClF2N2O2. The van der Waals surface area contributed by atoms with Gasteiger partial charge in [0.1, 0.15) is 23.2 Å². The number of nitrogens with zero attached hydrogens (tertiary/aromatic N) is 2. The van der Waals surface area contributed by atoms with E-state index in [0.29, 0.717) is 5.69 Å². The van der Waals surface area contributed by atoms with Gasteiger partial charge in [0.25, 0.3) is 5.56 Å². The highest BCUT2D eigenvalue weighted by Crippen LogP contribution is 2.24. The fraction of sp³-hybridized carbons (Fsp3) is 0. The second-order valence-electron chi connectivity index (χ2n) is 6.23. The van der Waals surface area contributed by atoms with E-state index in [1.165, 1.54) is 36.4 Å². The lowest BCUT2D eigenvalue weighted by Crippen LogP contribution is -2.23. The van der Waals surface area contributed by atoms with Crippen molar-refractivity contribution in [3.8, 4) is 5.69 Å². The lowest BCUT2D eigenvalue weighted by molar-refractivity contribution is 0.505. The number of rotatable bonds is 3. The number of fused-ring (bicyclic) bond motifs is 1. The fourth-order valence-corrected chi connectivity index (χ4v) is 3.23. The summed E-state index contributed by atoms with van der Waals surface area (Å²) in [5.41, 5.74) is -0.0976. The van der Waals surface area contributed by atoms with E-state index in [9.17, 15) is 18.7 Å². The van der Waals surface area contributed by atoms with Crippen LogP contribution >= 0.6 is 11.6 Å². The van der Waals surface area contributed by atoms with Crippen LogP contribution in [0.2, 0.25) is 5.02 Å². The summed E-state index contributed by atoms with van der Waals surface area (Å²) in [7, 11) is 0. The molecule has 0 saturated carbocycles. The molecule has 4 nitrogen and oxygen atoms in total. The van der Waals surface area contributed by atoms with Crippen LogP contribution in [0.15, 0.2) is 71.5 Å². The molecule has 0 saturated heterocycles. The van der Waals surface area contributed by atoms with Crippen LogP contribution in [0, 0.1) is 11.6 Å². The Labute approximate surface area is 169 Å². The zero-order valence-electron chi connectivity index (χ0n) is 14.8. The molecular weight excluding hydrogens is 398 g/mol. The summed E-state index contributed by atoms with van der Waals surface area (Å²) in [6.45, 7) is 0. The Hall–Kier alpha value is -3.51. The van der Waals surface area contributed by atoms with Crippen molar-refractivity contribution in [2.75, 3.05) is 0 Å². The SMILES string of the molecule is O=c1c2cc(F)ccc2nc(C=C(O)c2ccccc2F)n1-c1ccccc1Cl. The lowest BCUT2D eigenvalue weighted by atomic mass is 10.1. The lowest BCUT2D eigenvalue weighted by Gasteiger charge is -2.13. The topological polar surface area (TPSA) is 55.1 Å². The van der Waals surface area contributed by atoms with Crippen LogP contribution in [0.5, 0.6) is 0 Å². The maximum Gasteiger partial charge on any atom is 0.266 e.